The van der Waals surface area contributed by atoms with Crippen LogP contribution in [0, 0.1) is 17.3 Å². The molecule has 0 spiro atoms. The molecule has 1 heterocycles. The topological polar surface area (TPSA) is 108 Å². The van der Waals surface area contributed by atoms with Gasteiger partial charge in [-0.2, -0.15) is 0 Å². The Morgan fingerprint density at radius 1 is 1.11 bits per heavy atom. The van der Waals surface area contributed by atoms with Gasteiger partial charge in [0.2, 0.25) is 5.91 Å². The standard InChI is InChI=1S/C19H18ClN3O4/c1-19(2)14(15(19)18(26)27)17(25)22-10-6-7-11(12(20)9-10)16(24)23-13-5-3-4-8-21-13/h3-9,14-15H,1-2H3,(H,22,25)(H,26,27)(H,21,23,24)/t14-,15-/m1/s1. The highest BCUT2D eigenvalue weighted by molar-refractivity contribution is 6.34. The van der Waals surface area contributed by atoms with Gasteiger partial charge in [-0.3, -0.25) is 14.4 Å². The second-order valence-corrected chi connectivity index (χ2v) is 7.38. The molecule has 0 unspecified atom stereocenters. The van der Waals surface area contributed by atoms with Gasteiger partial charge >= 0.3 is 5.97 Å². The molecule has 1 fully saturated rings. The van der Waals surface area contributed by atoms with Crippen LogP contribution in [0.3, 0.4) is 0 Å². The molecule has 27 heavy (non-hydrogen) atoms. The van der Waals surface area contributed by atoms with Crippen molar-refractivity contribution in [2.75, 3.05) is 10.6 Å². The average Bonchev–Trinajstić information content (AvgIpc) is 3.18. The molecule has 2 aromatic rings. The molecular weight excluding hydrogens is 370 g/mol. The van der Waals surface area contributed by atoms with E-state index in [2.05, 4.69) is 15.6 Å². The van der Waals surface area contributed by atoms with Crippen LogP contribution in [0.1, 0.15) is 24.2 Å². The van der Waals surface area contributed by atoms with Crippen molar-refractivity contribution in [2.24, 2.45) is 17.3 Å². The summed E-state index contributed by atoms with van der Waals surface area (Å²) in [5, 5.41) is 14.6. The Labute approximate surface area is 160 Å². The lowest BCUT2D eigenvalue weighted by molar-refractivity contribution is -0.140. The molecule has 1 aromatic heterocycles. The number of benzene rings is 1. The minimum absolute atomic E-state index is 0.158. The minimum atomic E-state index is -0.986. The van der Waals surface area contributed by atoms with Crippen molar-refractivity contribution >= 4 is 40.9 Å². The highest BCUT2D eigenvalue weighted by atomic mass is 35.5. The number of hydrogen-bond acceptors (Lipinski definition) is 4. The van der Waals surface area contributed by atoms with E-state index in [4.69, 9.17) is 11.6 Å². The van der Waals surface area contributed by atoms with Gasteiger partial charge in [0, 0.05) is 11.9 Å². The van der Waals surface area contributed by atoms with Gasteiger partial charge in [0.1, 0.15) is 5.82 Å². The van der Waals surface area contributed by atoms with Crippen LogP contribution in [-0.2, 0) is 9.59 Å². The third-order valence-corrected chi connectivity index (χ3v) is 5.08. The first kappa shape index (κ1) is 18.8. The Balaban J connectivity index is 1.69. The van der Waals surface area contributed by atoms with E-state index in [1.165, 1.54) is 12.1 Å². The van der Waals surface area contributed by atoms with Crippen molar-refractivity contribution in [1.29, 1.82) is 0 Å². The Morgan fingerprint density at radius 2 is 1.85 bits per heavy atom. The molecule has 1 aromatic carbocycles. The molecule has 3 N–H and O–H groups in total. The second-order valence-electron chi connectivity index (χ2n) is 6.97. The van der Waals surface area contributed by atoms with Gasteiger partial charge in [0.05, 0.1) is 22.4 Å². The highest BCUT2D eigenvalue weighted by Gasteiger charge is 2.65. The summed E-state index contributed by atoms with van der Waals surface area (Å²) >= 11 is 6.18. The molecular formula is C19H18ClN3O4. The summed E-state index contributed by atoms with van der Waals surface area (Å²) in [5.41, 5.74) is 0.0316. The molecule has 1 aliphatic carbocycles. The Bertz CT molecular complexity index is 914. The lowest BCUT2D eigenvalue weighted by Gasteiger charge is -2.10. The molecule has 0 saturated heterocycles. The van der Waals surface area contributed by atoms with Gasteiger partial charge in [-0.05, 0) is 35.7 Å². The first-order valence-corrected chi connectivity index (χ1v) is 8.65. The average molecular weight is 388 g/mol. The molecule has 3 rings (SSSR count). The maximum atomic E-state index is 12.4. The Kier molecular flexibility index (Phi) is 4.89. The van der Waals surface area contributed by atoms with Crippen LogP contribution in [0.5, 0.6) is 0 Å². The van der Waals surface area contributed by atoms with Crippen LogP contribution in [0.2, 0.25) is 5.02 Å². The number of nitrogens with one attached hydrogen (secondary N) is 2. The van der Waals surface area contributed by atoms with Gasteiger partial charge in [0.25, 0.3) is 5.91 Å². The van der Waals surface area contributed by atoms with Crippen LogP contribution in [0.15, 0.2) is 42.6 Å². The van der Waals surface area contributed by atoms with E-state index in [0.717, 1.165) is 0 Å². The number of hydrogen-bond donors (Lipinski definition) is 3. The van der Waals surface area contributed by atoms with Gasteiger partial charge in [-0.1, -0.05) is 31.5 Å². The zero-order valence-electron chi connectivity index (χ0n) is 14.7. The van der Waals surface area contributed by atoms with Crippen LogP contribution in [0.25, 0.3) is 0 Å². The summed E-state index contributed by atoms with van der Waals surface area (Å²) in [6.45, 7) is 3.49. The number of carboxylic acids is 1. The molecule has 140 valence electrons. The maximum absolute atomic E-state index is 12.4. The largest absolute Gasteiger partial charge is 0.481 e. The van der Waals surface area contributed by atoms with Crippen LogP contribution in [-0.4, -0.2) is 27.9 Å². The first-order valence-electron chi connectivity index (χ1n) is 8.27. The molecule has 0 bridgehead atoms. The van der Waals surface area contributed by atoms with Crippen molar-refractivity contribution in [1.82, 2.24) is 4.98 Å². The predicted octanol–water partition coefficient (Wildman–Crippen LogP) is 3.28. The number of nitrogens with zero attached hydrogens (tertiary/aromatic N) is 1. The fourth-order valence-corrected chi connectivity index (χ4v) is 3.47. The number of pyridine rings is 1. The van der Waals surface area contributed by atoms with Crippen LogP contribution in [0.4, 0.5) is 11.5 Å². The van der Waals surface area contributed by atoms with Gasteiger partial charge in [0.15, 0.2) is 0 Å². The van der Waals surface area contributed by atoms with Crippen molar-refractivity contribution in [3.8, 4) is 0 Å². The SMILES string of the molecule is CC1(C)[C@@H](C(=O)O)[C@@H]1C(=O)Nc1ccc(C(=O)Nc2ccccn2)c(Cl)c1. The summed E-state index contributed by atoms with van der Waals surface area (Å²) in [4.78, 5) is 39.9. The number of aromatic nitrogens is 1. The number of anilines is 2. The second kappa shape index (κ2) is 7.00. The number of aliphatic carboxylic acids is 1. The Morgan fingerprint density at radius 3 is 2.41 bits per heavy atom. The van der Waals surface area contributed by atoms with Crippen molar-refractivity contribution in [3.05, 3.63) is 53.2 Å². The molecule has 0 radical (unpaired) electrons. The first-order chi connectivity index (χ1) is 12.7. The van der Waals surface area contributed by atoms with E-state index in [1.54, 1.807) is 44.3 Å². The fourth-order valence-electron chi connectivity index (χ4n) is 3.21. The summed E-state index contributed by atoms with van der Waals surface area (Å²) in [6.07, 6.45) is 1.56. The predicted molar refractivity (Wildman–Crippen MR) is 101 cm³/mol. The number of carbonyl (C=O) groups excluding carboxylic acids is 2. The lowest BCUT2D eigenvalue weighted by atomic mass is 10.1. The van der Waals surface area contributed by atoms with E-state index < -0.39 is 29.1 Å². The number of rotatable bonds is 5. The molecule has 1 saturated carbocycles. The molecule has 0 aliphatic heterocycles. The van der Waals surface area contributed by atoms with Gasteiger partial charge in [-0.15, -0.1) is 0 Å². The minimum Gasteiger partial charge on any atom is -0.481 e. The third-order valence-electron chi connectivity index (χ3n) is 4.76. The summed E-state index contributed by atoms with van der Waals surface area (Å²) < 4.78 is 0. The summed E-state index contributed by atoms with van der Waals surface area (Å²) in [7, 11) is 0. The van der Waals surface area contributed by atoms with E-state index in [1.807, 2.05) is 0 Å². The van der Waals surface area contributed by atoms with E-state index in [-0.39, 0.29) is 16.5 Å². The number of amides is 2. The maximum Gasteiger partial charge on any atom is 0.307 e. The summed E-state index contributed by atoms with van der Waals surface area (Å²) in [5.74, 6) is -2.72. The quantitative estimate of drug-likeness (QED) is 0.729. The highest BCUT2D eigenvalue weighted by Crippen LogP contribution is 2.58. The zero-order valence-corrected chi connectivity index (χ0v) is 15.4. The summed E-state index contributed by atoms with van der Waals surface area (Å²) in [6, 6.07) is 9.61. The lowest BCUT2D eigenvalue weighted by Crippen LogP contribution is -2.18. The van der Waals surface area contributed by atoms with Crippen LogP contribution >= 0.6 is 11.6 Å². The number of carboxylic acid groups (broad SMARTS) is 1. The molecule has 8 heteroatoms. The number of carbonyl (C=O) groups is 3. The number of halogens is 1. The molecule has 2 amide bonds. The monoisotopic (exact) mass is 387 g/mol. The van der Waals surface area contributed by atoms with Crippen LogP contribution < -0.4 is 10.6 Å². The van der Waals surface area contributed by atoms with Gasteiger partial charge in [-0.25, -0.2) is 4.98 Å². The van der Waals surface area contributed by atoms with Crippen molar-refractivity contribution in [2.45, 2.75) is 13.8 Å². The zero-order chi connectivity index (χ0) is 19.8. The fraction of sp³-hybridized carbons (Fsp3) is 0.263. The molecule has 1 aliphatic rings. The molecule has 7 nitrogen and oxygen atoms in total. The smallest absolute Gasteiger partial charge is 0.307 e. The third kappa shape index (κ3) is 3.78. The van der Waals surface area contributed by atoms with Crippen molar-refractivity contribution in [3.63, 3.8) is 0 Å². The van der Waals surface area contributed by atoms with Crippen molar-refractivity contribution < 1.29 is 19.5 Å². The van der Waals surface area contributed by atoms with Gasteiger partial charge < -0.3 is 15.7 Å². The van der Waals surface area contributed by atoms with E-state index >= 15 is 0 Å². The molecule has 2 atom stereocenters. The van der Waals surface area contributed by atoms with E-state index in [9.17, 15) is 19.5 Å². The Hall–Kier alpha value is -2.93. The van der Waals surface area contributed by atoms with E-state index in [0.29, 0.717) is 11.5 Å². The normalized spacial score (nSPS) is 19.8.